The molecule has 0 fully saturated rings. The van der Waals surface area contributed by atoms with Crippen molar-refractivity contribution in [3.8, 4) is 0 Å². The quantitative estimate of drug-likeness (QED) is 0.917. The van der Waals surface area contributed by atoms with E-state index in [-0.39, 0.29) is 11.9 Å². The molecule has 0 saturated carbocycles. The van der Waals surface area contributed by atoms with Crippen LogP contribution >= 0.6 is 15.9 Å². The number of rotatable bonds is 4. The average Bonchev–Trinajstić information content (AvgIpc) is 2.14. The van der Waals surface area contributed by atoms with Crippen LogP contribution in [0.1, 0.15) is 25.5 Å². The van der Waals surface area contributed by atoms with Crippen molar-refractivity contribution in [2.24, 2.45) is 5.73 Å². The van der Waals surface area contributed by atoms with Crippen molar-refractivity contribution in [2.45, 2.75) is 26.0 Å². The zero-order valence-corrected chi connectivity index (χ0v) is 10.4. The molecule has 0 heterocycles. The average molecular weight is 276 g/mol. The monoisotopic (exact) mass is 275 g/mol. The van der Waals surface area contributed by atoms with E-state index in [1.807, 2.05) is 13.8 Å². The molecule has 0 radical (unpaired) electrons. The van der Waals surface area contributed by atoms with Gasteiger partial charge in [-0.15, -0.1) is 0 Å². The second kappa shape index (κ2) is 5.58. The zero-order chi connectivity index (χ0) is 11.4. The predicted octanol–water partition coefficient (Wildman–Crippen LogP) is 3.01. The highest BCUT2D eigenvalue weighted by Crippen LogP contribution is 2.25. The highest BCUT2D eigenvalue weighted by Gasteiger charge is 2.15. The minimum absolute atomic E-state index is 0.0987. The van der Waals surface area contributed by atoms with E-state index in [9.17, 15) is 4.39 Å². The molecule has 84 valence electrons. The summed E-state index contributed by atoms with van der Waals surface area (Å²) in [7, 11) is 0. The van der Waals surface area contributed by atoms with Crippen molar-refractivity contribution in [3.05, 3.63) is 34.1 Å². The van der Waals surface area contributed by atoms with Gasteiger partial charge in [0.05, 0.1) is 18.8 Å². The Morgan fingerprint density at radius 1 is 1.47 bits per heavy atom. The van der Waals surface area contributed by atoms with Crippen molar-refractivity contribution in [1.82, 2.24) is 0 Å². The van der Waals surface area contributed by atoms with E-state index < -0.39 is 6.04 Å². The summed E-state index contributed by atoms with van der Waals surface area (Å²) >= 11 is 3.28. The summed E-state index contributed by atoms with van der Waals surface area (Å²) < 4.78 is 19.5. The highest BCUT2D eigenvalue weighted by atomic mass is 79.9. The Hall–Kier alpha value is -0.450. The lowest BCUT2D eigenvalue weighted by Gasteiger charge is -2.16. The number of benzene rings is 1. The second-order valence-electron chi connectivity index (χ2n) is 3.62. The smallest absolute Gasteiger partial charge is 0.129 e. The molecule has 1 unspecified atom stereocenters. The van der Waals surface area contributed by atoms with E-state index >= 15 is 0 Å². The molecule has 15 heavy (non-hydrogen) atoms. The number of nitrogens with two attached hydrogens (primary N) is 1. The van der Waals surface area contributed by atoms with Crippen LogP contribution in [0.2, 0.25) is 0 Å². The number of halogens is 2. The van der Waals surface area contributed by atoms with Gasteiger partial charge in [0.2, 0.25) is 0 Å². The van der Waals surface area contributed by atoms with Gasteiger partial charge in [-0.3, -0.25) is 0 Å². The number of hydrogen-bond donors (Lipinski definition) is 1. The molecule has 0 saturated heterocycles. The van der Waals surface area contributed by atoms with Gasteiger partial charge < -0.3 is 10.5 Å². The summed E-state index contributed by atoms with van der Waals surface area (Å²) in [6.45, 7) is 4.16. The van der Waals surface area contributed by atoms with Gasteiger partial charge in [-0.2, -0.15) is 0 Å². The van der Waals surface area contributed by atoms with E-state index in [1.54, 1.807) is 12.1 Å². The molecule has 0 aliphatic rings. The van der Waals surface area contributed by atoms with Crippen LogP contribution < -0.4 is 5.73 Å². The standard InChI is InChI=1S/C11H15BrFNO/c1-7(2)15-6-10(14)11-8(12)4-3-5-9(11)13/h3-5,7,10H,6,14H2,1-2H3. The summed E-state index contributed by atoms with van der Waals surface area (Å²) in [5.41, 5.74) is 6.32. The minimum atomic E-state index is -0.442. The van der Waals surface area contributed by atoms with Crippen molar-refractivity contribution in [3.63, 3.8) is 0 Å². The van der Waals surface area contributed by atoms with Gasteiger partial charge in [-0.05, 0) is 26.0 Å². The Bertz CT molecular complexity index is 310. The third-order valence-electron chi connectivity index (χ3n) is 1.98. The predicted molar refractivity (Wildman–Crippen MR) is 62.1 cm³/mol. The third kappa shape index (κ3) is 3.55. The molecule has 1 aromatic carbocycles. The van der Waals surface area contributed by atoms with Crippen LogP contribution in [-0.4, -0.2) is 12.7 Å². The molecule has 0 aliphatic heterocycles. The summed E-state index contributed by atoms with van der Waals surface area (Å²) in [6, 6.07) is 4.37. The van der Waals surface area contributed by atoms with Gasteiger partial charge >= 0.3 is 0 Å². The topological polar surface area (TPSA) is 35.2 Å². The van der Waals surface area contributed by atoms with Crippen molar-refractivity contribution in [2.75, 3.05) is 6.61 Å². The molecule has 2 nitrogen and oxygen atoms in total. The summed E-state index contributed by atoms with van der Waals surface area (Å²) in [5, 5.41) is 0. The largest absolute Gasteiger partial charge is 0.377 e. The first-order chi connectivity index (χ1) is 7.02. The minimum Gasteiger partial charge on any atom is -0.377 e. The van der Waals surface area contributed by atoms with Crippen molar-refractivity contribution in [1.29, 1.82) is 0 Å². The van der Waals surface area contributed by atoms with Crippen LogP contribution in [0.5, 0.6) is 0 Å². The first-order valence-electron chi connectivity index (χ1n) is 4.83. The molecule has 0 amide bonds. The van der Waals surface area contributed by atoms with Crippen LogP contribution in [-0.2, 0) is 4.74 Å². The molecule has 0 aliphatic carbocycles. The van der Waals surface area contributed by atoms with Crippen LogP contribution in [0.15, 0.2) is 22.7 Å². The summed E-state index contributed by atoms with van der Waals surface area (Å²) in [5.74, 6) is -0.302. The molecule has 4 heteroatoms. The van der Waals surface area contributed by atoms with Gasteiger partial charge in [-0.1, -0.05) is 22.0 Å². The lowest BCUT2D eigenvalue weighted by Crippen LogP contribution is -2.21. The van der Waals surface area contributed by atoms with Crippen LogP contribution in [0.4, 0.5) is 4.39 Å². The highest BCUT2D eigenvalue weighted by molar-refractivity contribution is 9.10. The van der Waals surface area contributed by atoms with Gasteiger partial charge in [-0.25, -0.2) is 4.39 Å². The molecule has 1 atom stereocenters. The lowest BCUT2D eigenvalue weighted by atomic mass is 10.1. The zero-order valence-electron chi connectivity index (χ0n) is 8.84. The maximum Gasteiger partial charge on any atom is 0.129 e. The molecular weight excluding hydrogens is 261 g/mol. The Balaban J connectivity index is 2.77. The number of hydrogen-bond acceptors (Lipinski definition) is 2. The Labute approximate surface area is 97.7 Å². The second-order valence-corrected chi connectivity index (χ2v) is 4.48. The van der Waals surface area contributed by atoms with E-state index in [4.69, 9.17) is 10.5 Å². The first-order valence-corrected chi connectivity index (χ1v) is 5.62. The molecular formula is C11H15BrFNO. The molecule has 2 N–H and O–H groups in total. The lowest BCUT2D eigenvalue weighted by molar-refractivity contribution is 0.0676. The first kappa shape index (κ1) is 12.6. The maximum atomic E-state index is 13.5. The van der Waals surface area contributed by atoms with Crippen molar-refractivity contribution < 1.29 is 9.13 Å². The molecule has 1 aromatic rings. The summed E-state index contributed by atoms with van der Waals surface area (Å²) in [4.78, 5) is 0. The molecule has 0 bridgehead atoms. The molecule has 0 aromatic heterocycles. The fourth-order valence-corrected chi connectivity index (χ4v) is 1.88. The van der Waals surface area contributed by atoms with Gasteiger partial charge in [0.15, 0.2) is 0 Å². The van der Waals surface area contributed by atoms with Crippen molar-refractivity contribution >= 4 is 15.9 Å². The molecule has 1 rings (SSSR count). The molecule has 0 spiro atoms. The van der Waals surface area contributed by atoms with Crippen LogP contribution in [0.3, 0.4) is 0 Å². The van der Waals surface area contributed by atoms with E-state index in [0.717, 1.165) is 0 Å². The third-order valence-corrected chi connectivity index (χ3v) is 2.67. The summed E-state index contributed by atoms with van der Waals surface area (Å²) in [6.07, 6.45) is 0.0987. The normalized spacial score (nSPS) is 13.2. The Morgan fingerprint density at radius 3 is 2.67 bits per heavy atom. The Morgan fingerprint density at radius 2 is 2.13 bits per heavy atom. The van der Waals surface area contributed by atoms with E-state index in [1.165, 1.54) is 6.07 Å². The van der Waals surface area contributed by atoms with Crippen LogP contribution in [0.25, 0.3) is 0 Å². The Kier molecular flexibility index (Phi) is 4.70. The maximum absolute atomic E-state index is 13.5. The van der Waals surface area contributed by atoms with Gasteiger partial charge in [0.1, 0.15) is 5.82 Å². The van der Waals surface area contributed by atoms with Gasteiger partial charge in [0, 0.05) is 10.0 Å². The number of ether oxygens (including phenoxy) is 1. The fraction of sp³-hybridized carbons (Fsp3) is 0.455. The van der Waals surface area contributed by atoms with E-state index in [2.05, 4.69) is 15.9 Å². The SMILES string of the molecule is CC(C)OCC(N)c1c(F)cccc1Br. The van der Waals surface area contributed by atoms with Crippen LogP contribution in [0, 0.1) is 5.82 Å². The van der Waals surface area contributed by atoms with E-state index in [0.29, 0.717) is 16.6 Å². The fourth-order valence-electron chi connectivity index (χ4n) is 1.24. The van der Waals surface area contributed by atoms with Gasteiger partial charge in [0.25, 0.3) is 0 Å².